The fraction of sp³-hybridized carbons (Fsp3) is 0.286. The van der Waals surface area contributed by atoms with Crippen molar-refractivity contribution in [3.8, 4) is 0 Å². The van der Waals surface area contributed by atoms with Gasteiger partial charge in [-0.25, -0.2) is 4.39 Å². The third kappa shape index (κ3) is 3.79. The number of rotatable bonds is 4. The van der Waals surface area contributed by atoms with Crippen molar-refractivity contribution in [2.75, 3.05) is 13.1 Å². The van der Waals surface area contributed by atoms with Gasteiger partial charge in [0.05, 0.1) is 0 Å². The highest BCUT2D eigenvalue weighted by Gasteiger charge is 2.27. The van der Waals surface area contributed by atoms with Crippen LogP contribution in [-0.2, 0) is 6.54 Å². The molecule has 29 heavy (non-hydrogen) atoms. The molecule has 150 valence electrons. The van der Waals surface area contributed by atoms with Gasteiger partial charge < -0.3 is 25.7 Å². The van der Waals surface area contributed by atoms with Crippen LogP contribution in [0.2, 0.25) is 0 Å². The summed E-state index contributed by atoms with van der Waals surface area (Å²) in [4.78, 5) is 17.6. The Morgan fingerprint density at radius 1 is 1.24 bits per heavy atom. The largest absolute Gasteiger partial charge is 0.488 e. The Hall–Kier alpha value is -2.68. The molecule has 1 aliphatic heterocycles. The monoisotopic (exact) mass is 395 g/mol. The summed E-state index contributed by atoms with van der Waals surface area (Å²) in [6, 6.07) is 10.8. The van der Waals surface area contributed by atoms with Crippen molar-refractivity contribution in [2.45, 2.75) is 25.3 Å². The van der Waals surface area contributed by atoms with Gasteiger partial charge in [0.1, 0.15) is 11.5 Å². The summed E-state index contributed by atoms with van der Waals surface area (Å²) in [7, 11) is -1.76. The summed E-state index contributed by atoms with van der Waals surface area (Å²) < 4.78 is 14.6. The molecular weight excluding hydrogens is 372 g/mol. The SMILES string of the molecule is NCc1cccc(C2CCN(C(=O)c3[nH]cc4cc(B(O)O)cc(F)c34)CC2)c1. The zero-order valence-electron chi connectivity index (χ0n) is 15.9. The molecule has 0 saturated carbocycles. The van der Waals surface area contributed by atoms with E-state index in [-0.39, 0.29) is 22.5 Å². The topological polar surface area (TPSA) is 103 Å². The van der Waals surface area contributed by atoms with Crippen molar-refractivity contribution >= 4 is 29.3 Å². The molecule has 3 aromatic rings. The van der Waals surface area contributed by atoms with E-state index in [1.54, 1.807) is 4.90 Å². The number of H-pyrrole nitrogens is 1. The average Bonchev–Trinajstić information content (AvgIpc) is 3.18. The van der Waals surface area contributed by atoms with Crippen molar-refractivity contribution in [1.82, 2.24) is 9.88 Å². The van der Waals surface area contributed by atoms with Crippen molar-refractivity contribution in [1.29, 1.82) is 0 Å². The lowest BCUT2D eigenvalue weighted by Gasteiger charge is -2.32. The number of fused-ring (bicyclic) bond motifs is 1. The van der Waals surface area contributed by atoms with Gasteiger partial charge in [0.15, 0.2) is 0 Å². The van der Waals surface area contributed by atoms with Gasteiger partial charge in [0, 0.05) is 36.6 Å². The summed E-state index contributed by atoms with van der Waals surface area (Å²) in [6.07, 6.45) is 3.19. The number of halogens is 1. The van der Waals surface area contributed by atoms with E-state index in [1.165, 1.54) is 17.8 Å². The van der Waals surface area contributed by atoms with Crippen LogP contribution >= 0.6 is 0 Å². The molecule has 0 bridgehead atoms. The smallest absolute Gasteiger partial charge is 0.423 e. The fourth-order valence-corrected chi connectivity index (χ4v) is 4.12. The van der Waals surface area contributed by atoms with Crippen LogP contribution in [0.15, 0.2) is 42.6 Å². The molecule has 1 saturated heterocycles. The van der Waals surface area contributed by atoms with E-state index in [2.05, 4.69) is 17.1 Å². The minimum absolute atomic E-state index is 0.0496. The Balaban J connectivity index is 1.51. The number of hydrogen-bond acceptors (Lipinski definition) is 4. The molecule has 2 aromatic carbocycles. The standard InChI is InChI=1S/C21H23BFN3O3/c23-18-10-17(22(28)29)9-16-12-25-20(19(16)18)21(27)26-6-4-14(5-7-26)15-3-1-2-13(8-15)11-24/h1-3,8-10,12,14,25,28-29H,4-7,11,24H2. The predicted octanol–water partition coefficient (Wildman–Crippen LogP) is 1.47. The van der Waals surface area contributed by atoms with Gasteiger partial charge >= 0.3 is 7.12 Å². The van der Waals surface area contributed by atoms with E-state index >= 15 is 0 Å². The highest BCUT2D eigenvalue weighted by molar-refractivity contribution is 6.59. The summed E-state index contributed by atoms with van der Waals surface area (Å²) >= 11 is 0. The third-order valence-electron chi connectivity index (χ3n) is 5.72. The first kappa shape index (κ1) is 19.6. The number of carbonyl (C=O) groups excluding carboxylic acids is 1. The Morgan fingerprint density at radius 2 is 2.00 bits per heavy atom. The summed E-state index contributed by atoms with van der Waals surface area (Å²) in [5, 5.41) is 19.2. The first-order valence-electron chi connectivity index (χ1n) is 9.72. The van der Waals surface area contributed by atoms with Gasteiger partial charge in [0.2, 0.25) is 0 Å². The molecule has 8 heteroatoms. The average molecular weight is 395 g/mol. The number of aromatic amines is 1. The maximum absolute atomic E-state index is 14.6. The zero-order chi connectivity index (χ0) is 20.5. The third-order valence-corrected chi connectivity index (χ3v) is 5.72. The molecule has 2 heterocycles. The van der Waals surface area contributed by atoms with Crippen LogP contribution in [-0.4, -0.2) is 46.0 Å². The molecular formula is C21H23BFN3O3. The predicted molar refractivity (Wildman–Crippen MR) is 110 cm³/mol. The molecule has 0 atom stereocenters. The molecule has 0 aliphatic carbocycles. The molecule has 0 radical (unpaired) electrons. The normalized spacial score (nSPS) is 15.1. The first-order chi connectivity index (χ1) is 14.0. The minimum Gasteiger partial charge on any atom is -0.423 e. The zero-order valence-corrected chi connectivity index (χ0v) is 15.9. The van der Waals surface area contributed by atoms with Gasteiger partial charge in [0.25, 0.3) is 5.91 Å². The molecule has 6 nitrogen and oxygen atoms in total. The second-order valence-corrected chi connectivity index (χ2v) is 7.52. The number of hydrogen-bond donors (Lipinski definition) is 4. The van der Waals surface area contributed by atoms with Crippen LogP contribution in [0.5, 0.6) is 0 Å². The molecule has 1 fully saturated rings. The van der Waals surface area contributed by atoms with Gasteiger partial charge in [-0.1, -0.05) is 30.3 Å². The van der Waals surface area contributed by atoms with E-state index in [1.807, 2.05) is 12.1 Å². The fourth-order valence-electron chi connectivity index (χ4n) is 4.12. The molecule has 1 aromatic heterocycles. The molecule has 5 N–H and O–H groups in total. The van der Waals surface area contributed by atoms with Crippen LogP contribution in [0.4, 0.5) is 4.39 Å². The lowest BCUT2D eigenvalue weighted by molar-refractivity contribution is 0.0709. The van der Waals surface area contributed by atoms with Crippen molar-refractivity contribution in [3.05, 3.63) is 65.2 Å². The van der Waals surface area contributed by atoms with E-state index in [9.17, 15) is 19.2 Å². The number of nitrogens with zero attached hydrogens (tertiary/aromatic N) is 1. The maximum atomic E-state index is 14.6. The van der Waals surface area contributed by atoms with Gasteiger partial charge in [-0.15, -0.1) is 0 Å². The van der Waals surface area contributed by atoms with Crippen LogP contribution in [0.25, 0.3) is 10.8 Å². The lowest BCUT2D eigenvalue weighted by atomic mass is 9.79. The number of nitrogens with one attached hydrogen (secondary N) is 1. The highest BCUT2D eigenvalue weighted by atomic mass is 19.1. The summed E-state index contributed by atoms with van der Waals surface area (Å²) in [6.45, 7) is 1.68. The van der Waals surface area contributed by atoms with Crippen molar-refractivity contribution < 1.29 is 19.2 Å². The van der Waals surface area contributed by atoms with E-state index < -0.39 is 12.9 Å². The minimum atomic E-state index is -1.76. The molecule has 1 amide bonds. The van der Waals surface area contributed by atoms with Gasteiger partial charge in [-0.3, -0.25) is 4.79 Å². The number of aromatic nitrogens is 1. The molecule has 0 spiro atoms. The van der Waals surface area contributed by atoms with E-state index in [4.69, 9.17) is 5.73 Å². The van der Waals surface area contributed by atoms with Crippen LogP contribution in [0.3, 0.4) is 0 Å². The van der Waals surface area contributed by atoms with Crippen molar-refractivity contribution in [3.63, 3.8) is 0 Å². The molecule has 0 unspecified atom stereocenters. The summed E-state index contributed by atoms with van der Waals surface area (Å²) in [5.41, 5.74) is 8.32. The van der Waals surface area contributed by atoms with Crippen LogP contribution in [0.1, 0.15) is 40.4 Å². The summed E-state index contributed by atoms with van der Waals surface area (Å²) in [5.74, 6) is -0.523. The Bertz CT molecular complexity index is 1040. The van der Waals surface area contributed by atoms with Crippen LogP contribution in [0, 0.1) is 5.82 Å². The van der Waals surface area contributed by atoms with Gasteiger partial charge in [-0.2, -0.15) is 0 Å². The molecule has 1 aliphatic rings. The Labute approximate surface area is 168 Å². The number of amides is 1. The lowest BCUT2D eigenvalue weighted by Crippen LogP contribution is -2.38. The maximum Gasteiger partial charge on any atom is 0.488 e. The number of nitrogens with two attached hydrogens (primary N) is 1. The highest BCUT2D eigenvalue weighted by Crippen LogP contribution is 2.30. The first-order valence-corrected chi connectivity index (χ1v) is 9.72. The quantitative estimate of drug-likeness (QED) is 0.503. The number of carbonyl (C=O) groups is 1. The number of piperidine rings is 1. The van der Waals surface area contributed by atoms with Crippen LogP contribution < -0.4 is 11.2 Å². The number of likely N-dealkylation sites (tertiary alicyclic amines) is 1. The number of benzene rings is 2. The van der Waals surface area contributed by atoms with Crippen molar-refractivity contribution in [2.24, 2.45) is 5.73 Å². The second kappa shape index (κ2) is 7.98. The van der Waals surface area contributed by atoms with E-state index in [0.29, 0.717) is 30.9 Å². The van der Waals surface area contributed by atoms with E-state index in [0.717, 1.165) is 24.5 Å². The Kier molecular flexibility index (Phi) is 5.40. The molecule has 4 rings (SSSR count). The van der Waals surface area contributed by atoms with Gasteiger partial charge in [-0.05, 0) is 41.4 Å². The second-order valence-electron chi connectivity index (χ2n) is 7.52. The Morgan fingerprint density at radius 3 is 2.69 bits per heavy atom.